The van der Waals surface area contributed by atoms with Crippen LogP contribution in [-0.4, -0.2) is 43.4 Å². The molecule has 0 spiro atoms. The summed E-state index contributed by atoms with van der Waals surface area (Å²) in [6.07, 6.45) is 0.465. The zero-order valence-corrected chi connectivity index (χ0v) is 17.7. The van der Waals surface area contributed by atoms with E-state index in [2.05, 4.69) is 15.4 Å². The molecule has 4 N–H and O–H groups in total. The number of aliphatic hydroxyl groups is 2. The van der Waals surface area contributed by atoms with E-state index in [1.807, 2.05) is 38.1 Å². The van der Waals surface area contributed by atoms with Gasteiger partial charge >= 0.3 is 0 Å². The zero-order chi connectivity index (χ0) is 22.8. The molecule has 4 aromatic rings. The zero-order valence-electron chi connectivity index (χ0n) is 17.7. The molecule has 0 radical (unpaired) electrons. The predicted octanol–water partition coefficient (Wildman–Crippen LogP) is 2.13. The van der Waals surface area contributed by atoms with Crippen LogP contribution in [0.5, 0.6) is 0 Å². The Bertz CT molecular complexity index is 1330. The van der Waals surface area contributed by atoms with Crippen LogP contribution in [0.4, 0.5) is 0 Å². The summed E-state index contributed by atoms with van der Waals surface area (Å²) >= 11 is 0. The Kier molecular flexibility index (Phi) is 5.89. The molecule has 0 aliphatic rings. The van der Waals surface area contributed by atoms with Crippen molar-refractivity contribution >= 4 is 11.4 Å². The van der Waals surface area contributed by atoms with Crippen LogP contribution < -0.4 is 10.9 Å². The molecule has 2 heterocycles. The maximum atomic E-state index is 12.9. The molecule has 0 aliphatic carbocycles. The van der Waals surface area contributed by atoms with Gasteiger partial charge in [0.1, 0.15) is 11.6 Å². The van der Waals surface area contributed by atoms with Crippen molar-refractivity contribution < 1.29 is 15.0 Å². The average molecular weight is 432 g/mol. The van der Waals surface area contributed by atoms with E-state index in [0.717, 1.165) is 16.7 Å². The SMILES string of the molecule is Cc1ccc(-c2cn3nc(C(=O)N[C@@H](c4ccccc4)[C@@H](O)CO)cc3c(=O)[nH]2)cc1C. The highest BCUT2D eigenvalue weighted by Gasteiger charge is 2.24. The van der Waals surface area contributed by atoms with Crippen LogP contribution in [0.2, 0.25) is 0 Å². The Labute approximate surface area is 184 Å². The summed E-state index contributed by atoms with van der Waals surface area (Å²) < 4.78 is 1.37. The molecular formula is C24H24N4O4. The van der Waals surface area contributed by atoms with Crippen LogP contribution in [-0.2, 0) is 0 Å². The monoisotopic (exact) mass is 432 g/mol. The van der Waals surface area contributed by atoms with E-state index in [9.17, 15) is 19.8 Å². The van der Waals surface area contributed by atoms with Gasteiger partial charge in [-0.2, -0.15) is 5.10 Å². The highest BCUT2D eigenvalue weighted by atomic mass is 16.3. The molecular weight excluding hydrogens is 408 g/mol. The van der Waals surface area contributed by atoms with Crippen molar-refractivity contribution in [2.45, 2.75) is 26.0 Å². The molecule has 0 unspecified atom stereocenters. The molecule has 2 aromatic heterocycles. The van der Waals surface area contributed by atoms with E-state index in [-0.39, 0.29) is 16.8 Å². The summed E-state index contributed by atoms with van der Waals surface area (Å²) in [5.74, 6) is -0.567. The summed E-state index contributed by atoms with van der Waals surface area (Å²) in [4.78, 5) is 28.4. The number of aromatic nitrogens is 3. The van der Waals surface area contributed by atoms with E-state index in [1.54, 1.807) is 30.5 Å². The minimum Gasteiger partial charge on any atom is -0.394 e. The highest BCUT2D eigenvalue weighted by molar-refractivity contribution is 5.93. The second-order valence-corrected chi connectivity index (χ2v) is 7.77. The van der Waals surface area contributed by atoms with Gasteiger partial charge in [0, 0.05) is 6.07 Å². The number of fused-ring (bicyclic) bond motifs is 1. The normalized spacial score (nSPS) is 13.1. The van der Waals surface area contributed by atoms with Crippen molar-refractivity contribution in [3.63, 3.8) is 0 Å². The lowest BCUT2D eigenvalue weighted by Crippen LogP contribution is -2.38. The van der Waals surface area contributed by atoms with Crippen molar-refractivity contribution in [3.05, 3.63) is 93.5 Å². The third-order valence-corrected chi connectivity index (χ3v) is 5.54. The van der Waals surface area contributed by atoms with Gasteiger partial charge < -0.3 is 20.5 Å². The first-order valence-corrected chi connectivity index (χ1v) is 10.2. The van der Waals surface area contributed by atoms with Gasteiger partial charge in [-0.25, -0.2) is 4.52 Å². The molecule has 8 nitrogen and oxygen atoms in total. The Morgan fingerprint density at radius 2 is 1.88 bits per heavy atom. The van der Waals surface area contributed by atoms with Crippen LogP contribution in [0.25, 0.3) is 16.8 Å². The van der Waals surface area contributed by atoms with Gasteiger partial charge in [0.25, 0.3) is 11.5 Å². The van der Waals surface area contributed by atoms with E-state index < -0.39 is 24.7 Å². The molecule has 2 atom stereocenters. The fraction of sp³-hybridized carbons (Fsp3) is 0.208. The van der Waals surface area contributed by atoms with Crippen molar-refractivity contribution in [2.24, 2.45) is 0 Å². The fourth-order valence-electron chi connectivity index (χ4n) is 3.55. The van der Waals surface area contributed by atoms with E-state index in [1.165, 1.54) is 10.6 Å². The minimum atomic E-state index is -1.20. The molecule has 164 valence electrons. The maximum Gasteiger partial charge on any atom is 0.274 e. The Hall–Kier alpha value is -3.75. The number of carbonyl (C=O) groups excluding carboxylic acids is 1. The molecule has 0 saturated carbocycles. The number of hydrogen-bond acceptors (Lipinski definition) is 5. The smallest absolute Gasteiger partial charge is 0.274 e. The largest absolute Gasteiger partial charge is 0.394 e. The first-order chi connectivity index (χ1) is 15.4. The average Bonchev–Trinajstić information content (AvgIpc) is 3.24. The third-order valence-electron chi connectivity index (χ3n) is 5.54. The van der Waals surface area contributed by atoms with Crippen LogP contribution >= 0.6 is 0 Å². The number of nitrogens with zero attached hydrogens (tertiary/aromatic N) is 2. The van der Waals surface area contributed by atoms with Gasteiger partial charge in [0.15, 0.2) is 5.69 Å². The molecule has 1 amide bonds. The number of rotatable bonds is 6. The summed E-state index contributed by atoms with van der Waals surface area (Å²) in [5.41, 5.74) is 4.18. The van der Waals surface area contributed by atoms with Crippen molar-refractivity contribution in [1.82, 2.24) is 19.9 Å². The minimum absolute atomic E-state index is 0.0267. The number of nitrogens with one attached hydrogen (secondary N) is 2. The molecule has 8 heteroatoms. The summed E-state index contributed by atoms with van der Waals surface area (Å²) in [5, 5.41) is 26.6. The van der Waals surface area contributed by atoms with Gasteiger partial charge in [0.2, 0.25) is 0 Å². The Balaban J connectivity index is 1.67. The van der Waals surface area contributed by atoms with Crippen LogP contribution in [0.3, 0.4) is 0 Å². The van der Waals surface area contributed by atoms with E-state index in [0.29, 0.717) is 11.3 Å². The van der Waals surface area contributed by atoms with Crippen LogP contribution in [0.1, 0.15) is 33.2 Å². The predicted molar refractivity (Wildman–Crippen MR) is 120 cm³/mol. The number of hydrogen-bond donors (Lipinski definition) is 4. The highest BCUT2D eigenvalue weighted by Crippen LogP contribution is 2.21. The molecule has 0 bridgehead atoms. The van der Waals surface area contributed by atoms with Gasteiger partial charge in [-0.15, -0.1) is 0 Å². The lowest BCUT2D eigenvalue weighted by Gasteiger charge is -2.22. The van der Waals surface area contributed by atoms with E-state index >= 15 is 0 Å². The lowest BCUT2D eigenvalue weighted by molar-refractivity contribution is 0.0562. The number of amides is 1. The molecule has 32 heavy (non-hydrogen) atoms. The van der Waals surface area contributed by atoms with Crippen molar-refractivity contribution in [2.75, 3.05) is 6.61 Å². The maximum absolute atomic E-state index is 12.9. The van der Waals surface area contributed by atoms with Gasteiger partial charge in [-0.3, -0.25) is 9.59 Å². The number of aromatic amines is 1. The summed E-state index contributed by atoms with van der Waals surface area (Å²) in [6.45, 7) is 3.49. The van der Waals surface area contributed by atoms with Gasteiger partial charge in [-0.05, 0) is 42.2 Å². The first kappa shape index (κ1) is 21.5. The number of carbonyl (C=O) groups is 1. The summed E-state index contributed by atoms with van der Waals surface area (Å²) in [6, 6.07) is 15.3. The number of aryl methyl sites for hydroxylation is 2. The topological polar surface area (TPSA) is 120 Å². The Morgan fingerprint density at radius 3 is 2.56 bits per heavy atom. The first-order valence-electron chi connectivity index (χ1n) is 10.2. The standard InChI is InChI=1S/C24H24N4O4/c1-14-8-9-17(10-15(14)2)19-12-28-20(24(32)25-19)11-18(27-28)23(31)26-22(21(30)13-29)16-6-4-3-5-7-16/h3-12,21-22,29-30H,13H2,1-2H3,(H,25,32)(H,26,31)/t21-,22-/m0/s1. The fourth-order valence-corrected chi connectivity index (χ4v) is 3.55. The second kappa shape index (κ2) is 8.78. The van der Waals surface area contributed by atoms with Crippen LogP contribution in [0.15, 0.2) is 65.6 Å². The van der Waals surface area contributed by atoms with Gasteiger partial charge in [-0.1, -0.05) is 42.5 Å². The van der Waals surface area contributed by atoms with Crippen LogP contribution in [0, 0.1) is 13.8 Å². The van der Waals surface area contributed by atoms with Crippen molar-refractivity contribution in [1.29, 1.82) is 0 Å². The quantitative estimate of drug-likeness (QED) is 0.372. The lowest BCUT2D eigenvalue weighted by atomic mass is 10.0. The van der Waals surface area contributed by atoms with E-state index in [4.69, 9.17) is 0 Å². The molecule has 0 aliphatic heterocycles. The van der Waals surface area contributed by atoms with Crippen molar-refractivity contribution in [3.8, 4) is 11.3 Å². The number of benzene rings is 2. The third kappa shape index (κ3) is 4.18. The number of aliphatic hydroxyl groups excluding tert-OH is 2. The molecule has 2 aromatic carbocycles. The number of H-pyrrole nitrogens is 1. The second-order valence-electron chi connectivity index (χ2n) is 7.77. The Morgan fingerprint density at radius 1 is 1.12 bits per heavy atom. The summed E-state index contributed by atoms with van der Waals surface area (Å²) in [7, 11) is 0. The molecule has 0 saturated heterocycles. The molecule has 4 rings (SSSR count). The van der Waals surface area contributed by atoms with Gasteiger partial charge in [0.05, 0.1) is 24.5 Å². The molecule has 0 fully saturated rings.